The zero-order chi connectivity index (χ0) is 18.1. The van der Waals surface area contributed by atoms with Crippen molar-refractivity contribution in [3.05, 3.63) is 0 Å². The minimum absolute atomic E-state index is 0.122. The highest BCUT2D eigenvalue weighted by molar-refractivity contribution is 7.89. The normalized spacial score (nSPS) is 28.4. The summed E-state index contributed by atoms with van der Waals surface area (Å²) in [5.74, 6) is 0.0548. The van der Waals surface area contributed by atoms with Gasteiger partial charge in [-0.15, -0.1) is 0 Å². The van der Waals surface area contributed by atoms with Crippen LogP contribution in [0.3, 0.4) is 0 Å². The molecule has 4 aliphatic rings. The molecule has 0 unspecified atom stereocenters. The van der Waals surface area contributed by atoms with E-state index in [2.05, 4.69) is 4.90 Å². The lowest BCUT2D eigenvalue weighted by Crippen LogP contribution is -2.58. The van der Waals surface area contributed by atoms with Crippen LogP contribution in [0.1, 0.15) is 57.8 Å². The van der Waals surface area contributed by atoms with Crippen LogP contribution in [0.25, 0.3) is 0 Å². The molecule has 4 rings (SSSR count). The molecule has 0 atom stereocenters. The molecular weight excluding hydrogens is 350 g/mol. The molecule has 0 N–H and O–H groups in total. The Morgan fingerprint density at radius 2 is 1.50 bits per heavy atom. The molecule has 0 spiro atoms. The molecule has 2 aliphatic carbocycles. The highest BCUT2D eigenvalue weighted by Gasteiger charge is 2.44. The summed E-state index contributed by atoms with van der Waals surface area (Å²) in [4.78, 5) is 17.4. The molecule has 2 saturated heterocycles. The Labute approximate surface area is 157 Å². The standard InChI is InChI=1S/C19H33N3O3S/c23-19(21-11-5-10-20(12-13-21)17-6-4-7-17)16-14-22(15-16)26(24,25)18-8-2-1-3-9-18/h16-18H,1-15H2. The summed E-state index contributed by atoms with van der Waals surface area (Å²) >= 11 is 0. The number of sulfonamides is 1. The van der Waals surface area contributed by atoms with Gasteiger partial charge in [-0.3, -0.25) is 9.69 Å². The van der Waals surface area contributed by atoms with Crippen LogP contribution in [-0.2, 0) is 14.8 Å². The van der Waals surface area contributed by atoms with E-state index in [1.165, 1.54) is 19.3 Å². The molecule has 2 saturated carbocycles. The van der Waals surface area contributed by atoms with E-state index < -0.39 is 10.0 Å². The Hall–Kier alpha value is -0.660. The molecule has 2 aliphatic heterocycles. The van der Waals surface area contributed by atoms with E-state index in [0.717, 1.165) is 70.7 Å². The first-order valence-electron chi connectivity index (χ1n) is 10.6. The number of hydrogen-bond donors (Lipinski definition) is 0. The molecule has 148 valence electrons. The maximum atomic E-state index is 12.8. The predicted octanol–water partition coefficient (Wildman–Crippen LogP) is 1.67. The second kappa shape index (κ2) is 7.76. The van der Waals surface area contributed by atoms with Crippen LogP contribution in [0.4, 0.5) is 0 Å². The molecule has 7 heteroatoms. The summed E-state index contributed by atoms with van der Waals surface area (Å²) in [6.45, 7) is 4.52. The number of carbonyl (C=O) groups excluding carboxylic acids is 1. The monoisotopic (exact) mass is 383 g/mol. The Morgan fingerprint density at radius 3 is 2.15 bits per heavy atom. The van der Waals surface area contributed by atoms with Gasteiger partial charge in [0, 0.05) is 45.3 Å². The topological polar surface area (TPSA) is 60.9 Å². The predicted molar refractivity (Wildman–Crippen MR) is 101 cm³/mol. The van der Waals surface area contributed by atoms with Gasteiger partial charge in [-0.25, -0.2) is 8.42 Å². The van der Waals surface area contributed by atoms with Crippen molar-refractivity contribution in [1.82, 2.24) is 14.1 Å². The SMILES string of the molecule is O=C(C1CN(S(=O)(=O)C2CCCCC2)C1)N1CCCN(C2CCC2)CC1. The van der Waals surface area contributed by atoms with Crippen LogP contribution in [0.5, 0.6) is 0 Å². The van der Waals surface area contributed by atoms with Crippen LogP contribution in [0, 0.1) is 5.92 Å². The van der Waals surface area contributed by atoms with Gasteiger partial charge < -0.3 is 4.90 Å². The highest BCUT2D eigenvalue weighted by atomic mass is 32.2. The second-order valence-corrected chi connectivity index (χ2v) is 10.8. The minimum atomic E-state index is -3.19. The summed E-state index contributed by atoms with van der Waals surface area (Å²) in [6, 6.07) is 0.741. The van der Waals surface area contributed by atoms with Gasteiger partial charge >= 0.3 is 0 Å². The molecular formula is C19H33N3O3S. The Bertz CT molecular complexity index is 608. The molecule has 4 fully saturated rings. The molecule has 0 bridgehead atoms. The quantitative estimate of drug-likeness (QED) is 0.741. The molecule has 0 aromatic heterocycles. The fourth-order valence-electron chi connectivity index (χ4n) is 4.91. The lowest BCUT2D eigenvalue weighted by molar-refractivity contribution is -0.138. The zero-order valence-corrected chi connectivity index (χ0v) is 16.6. The Balaban J connectivity index is 1.27. The summed E-state index contributed by atoms with van der Waals surface area (Å²) < 4.78 is 27.0. The van der Waals surface area contributed by atoms with Crippen LogP contribution >= 0.6 is 0 Å². The molecule has 0 radical (unpaired) electrons. The van der Waals surface area contributed by atoms with Gasteiger partial charge in [0.25, 0.3) is 0 Å². The first-order valence-corrected chi connectivity index (χ1v) is 12.1. The summed E-state index contributed by atoms with van der Waals surface area (Å²) in [5, 5.41) is -0.207. The largest absolute Gasteiger partial charge is 0.341 e. The summed E-state index contributed by atoms with van der Waals surface area (Å²) in [7, 11) is -3.19. The van der Waals surface area contributed by atoms with E-state index in [1.807, 2.05) is 4.90 Å². The van der Waals surface area contributed by atoms with Crippen LogP contribution in [0.2, 0.25) is 0 Å². The van der Waals surface area contributed by atoms with E-state index in [4.69, 9.17) is 0 Å². The molecule has 1 amide bonds. The molecule has 0 aromatic carbocycles. The third-order valence-electron chi connectivity index (χ3n) is 6.96. The molecule has 26 heavy (non-hydrogen) atoms. The number of carbonyl (C=O) groups is 1. The maximum Gasteiger partial charge on any atom is 0.228 e. The summed E-state index contributed by atoms with van der Waals surface area (Å²) in [6.07, 6.45) is 9.78. The highest BCUT2D eigenvalue weighted by Crippen LogP contribution is 2.31. The van der Waals surface area contributed by atoms with Crippen LogP contribution in [-0.4, -0.2) is 79.0 Å². The number of hydrogen-bond acceptors (Lipinski definition) is 4. The smallest absolute Gasteiger partial charge is 0.228 e. The van der Waals surface area contributed by atoms with Gasteiger partial charge in [-0.2, -0.15) is 4.31 Å². The third-order valence-corrected chi connectivity index (χ3v) is 9.30. The first kappa shape index (κ1) is 18.7. The van der Waals surface area contributed by atoms with Crippen LogP contribution < -0.4 is 0 Å². The molecule has 0 aromatic rings. The Kier molecular flexibility index (Phi) is 5.58. The van der Waals surface area contributed by atoms with Crippen molar-refractivity contribution in [2.45, 2.75) is 69.1 Å². The minimum Gasteiger partial charge on any atom is -0.341 e. The molecule has 2 heterocycles. The van der Waals surface area contributed by atoms with Gasteiger partial charge in [0.1, 0.15) is 0 Å². The first-order chi connectivity index (χ1) is 12.6. The molecule has 6 nitrogen and oxygen atoms in total. The van der Waals surface area contributed by atoms with Crippen molar-refractivity contribution in [3.8, 4) is 0 Å². The average Bonchev–Trinajstić information content (AvgIpc) is 2.78. The summed E-state index contributed by atoms with van der Waals surface area (Å²) in [5.41, 5.74) is 0. The Morgan fingerprint density at radius 1 is 0.769 bits per heavy atom. The van der Waals surface area contributed by atoms with Crippen molar-refractivity contribution in [2.24, 2.45) is 5.92 Å². The van der Waals surface area contributed by atoms with Gasteiger partial charge in [-0.1, -0.05) is 25.7 Å². The van der Waals surface area contributed by atoms with Crippen molar-refractivity contribution in [3.63, 3.8) is 0 Å². The zero-order valence-electron chi connectivity index (χ0n) is 15.8. The van der Waals surface area contributed by atoms with Crippen LogP contribution in [0.15, 0.2) is 0 Å². The van der Waals surface area contributed by atoms with Crippen molar-refractivity contribution in [1.29, 1.82) is 0 Å². The van der Waals surface area contributed by atoms with E-state index in [0.29, 0.717) is 13.1 Å². The van der Waals surface area contributed by atoms with E-state index in [9.17, 15) is 13.2 Å². The van der Waals surface area contributed by atoms with E-state index >= 15 is 0 Å². The fraction of sp³-hybridized carbons (Fsp3) is 0.947. The van der Waals surface area contributed by atoms with Gasteiger partial charge in [0.05, 0.1) is 11.2 Å². The van der Waals surface area contributed by atoms with Gasteiger partial charge in [-0.05, 0) is 32.1 Å². The van der Waals surface area contributed by atoms with Gasteiger partial charge in [0.2, 0.25) is 15.9 Å². The second-order valence-electron chi connectivity index (χ2n) is 8.62. The fourth-order valence-corrected chi connectivity index (χ4v) is 7.04. The van der Waals surface area contributed by atoms with Crippen molar-refractivity contribution >= 4 is 15.9 Å². The third kappa shape index (κ3) is 3.67. The van der Waals surface area contributed by atoms with Gasteiger partial charge in [0.15, 0.2) is 0 Å². The number of rotatable bonds is 4. The van der Waals surface area contributed by atoms with E-state index in [1.54, 1.807) is 4.31 Å². The average molecular weight is 384 g/mol. The lowest BCUT2D eigenvalue weighted by Gasteiger charge is -2.41. The van der Waals surface area contributed by atoms with E-state index in [-0.39, 0.29) is 17.1 Å². The number of amides is 1. The maximum absolute atomic E-state index is 12.8. The lowest BCUT2D eigenvalue weighted by atomic mass is 9.91. The number of nitrogens with zero attached hydrogens (tertiary/aromatic N) is 3. The van der Waals surface area contributed by atoms with Crippen molar-refractivity contribution < 1.29 is 13.2 Å². The van der Waals surface area contributed by atoms with Crippen molar-refractivity contribution in [2.75, 3.05) is 39.3 Å².